The van der Waals surface area contributed by atoms with Crippen LogP contribution in [0.2, 0.25) is 0 Å². The molecule has 7 nitrogen and oxygen atoms in total. The summed E-state index contributed by atoms with van der Waals surface area (Å²) in [6.45, 7) is 0.463. The van der Waals surface area contributed by atoms with E-state index in [1.54, 1.807) is 35.8 Å². The Hall–Kier alpha value is -3.26. The zero-order valence-corrected chi connectivity index (χ0v) is 20.5. The fraction of sp³-hybridized carbons (Fsp3) is 0.346. The van der Waals surface area contributed by atoms with E-state index in [4.69, 9.17) is 4.74 Å². The van der Waals surface area contributed by atoms with Crippen molar-refractivity contribution < 1.29 is 14.3 Å². The number of carbonyl (C=O) groups excluding carboxylic acids is 2. The van der Waals surface area contributed by atoms with Crippen LogP contribution in [0.3, 0.4) is 0 Å². The number of thioether (sulfide) groups is 1. The molecule has 1 heterocycles. The van der Waals surface area contributed by atoms with Gasteiger partial charge in [-0.2, -0.15) is 16.9 Å². The van der Waals surface area contributed by atoms with Crippen LogP contribution >= 0.6 is 11.8 Å². The van der Waals surface area contributed by atoms with Crippen LogP contribution in [0.15, 0.2) is 66.7 Å². The summed E-state index contributed by atoms with van der Waals surface area (Å²) < 4.78 is 5.51. The van der Waals surface area contributed by atoms with Crippen LogP contribution in [0, 0.1) is 0 Å². The minimum atomic E-state index is -0.568. The summed E-state index contributed by atoms with van der Waals surface area (Å²) in [7, 11) is 1.78. The summed E-state index contributed by atoms with van der Waals surface area (Å²) in [6, 6.07) is 20.7. The van der Waals surface area contributed by atoms with E-state index < -0.39 is 6.04 Å². The van der Waals surface area contributed by atoms with Gasteiger partial charge in [-0.1, -0.05) is 48.5 Å². The first kappa shape index (κ1) is 25.4. The molecule has 180 valence electrons. The van der Waals surface area contributed by atoms with Crippen molar-refractivity contribution in [2.45, 2.75) is 25.3 Å². The van der Waals surface area contributed by atoms with Crippen LogP contribution in [0.1, 0.15) is 18.5 Å². The Balaban J connectivity index is 1.47. The van der Waals surface area contributed by atoms with E-state index in [1.165, 1.54) is 0 Å². The number of hydrogen-bond acceptors (Lipinski definition) is 5. The van der Waals surface area contributed by atoms with Gasteiger partial charge in [0.05, 0.1) is 5.69 Å². The van der Waals surface area contributed by atoms with E-state index in [0.29, 0.717) is 18.7 Å². The summed E-state index contributed by atoms with van der Waals surface area (Å²) >= 11 is 1.65. The number of benzene rings is 2. The number of H-pyrrole nitrogens is 1. The third-order valence-electron chi connectivity index (χ3n) is 5.37. The fourth-order valence-electron chi connectivity index (χ4n) is 3.52. The smallest absolute Gasteiger partial charge is 0.258 e. The number of amides is 2. The van der Waals surface area contributed by atoms with Gasteiger partial charge >= 0.3 is 0 Å². The van der Waals surface area contributed by atoms with Gasteiger partial charge in [-0.05, 0) is 49.5 Å². The highest BCUT2D eigenvalue weighted by Gasteiger charge is 2.23. The molecule has 34 heavy (non-hydrogen) atoms. The van der Waals surface area contributed by atoms with Crippen molar-refractivity contribution in [3.05, 3.63) is 72.4 Å². The van der Waals surface area contributed by atoms with Gasteiger partial charge in [-0.25, -0.2) is 0 Å². The van der Waals surface area contributed by atoms with Gasteiger partial charge in [-0.3, -0.25) is 14.7 Å². The molecule has 0 spiro atoms. The van der Waals surface area contributed by atoms with Gasteiger partial charge in [-0.15, -0.1) is 0 Å². The highest BCUT2D eigenvalue weighted by Crippen LogP contribution is 2.17. The second-order valence-electron chi connectivity index (χ2n) is 8.01. The number of aromatic nitrogens is 2. The summed E-state index contributed by atoms with van der Waals surface area (Å²) in [4.78, 5) is 27.1. The Kier molecular flexibility index (Phi) is 10.0. The summed E-state index contributed by atoms with van der Waals surface area (Å²) in [5, 5.41) is 10.3. The summed E-state index contributed by atoms with van der Waals surface area (Å²) in [5.74, 6) is 1.01. The van der Waals surface area contributed by atoms with E-state index in [9.17, 15) is 9.59 Å². The molecule has 1 atom stereocenters. The van der Waals surface area contributed by atoms with Gasteiger partial charge in [0, 0.05) is 24.8 Å². The Morgan fingerprint density at radius 2 is 1.82 bits per heavy atom. The summed E-state index contributed by atoms with van der Waals surface area (Å²) in [6.07, 6.45) is 4.13. The number of nitrogens with zero attached hydrogens (tertiary/aromatic N) is 2. The standard InChI is InChI=1S/C26H32N4O3S/c1-30(16-9-12-21-18-24(29-28-21)20-10-5-3-6-11-20)26(32)23(15-17-34-2)27-25(31)19-33-22-13-7-4-8-14-22/h3-8,10-11,13-14,18,23H,9,12,15-17,19H2,1-2H3,(H,27,31)(H,28,29). The number of carbonyl (C=O) groups is 2. The fourth-order valence-corrected chi connectivity index (χ4v) is 4.00. The monoisotopic (exact) mass is 480 g/mol. The van der Waals surface area contributed by atoms with Crippen LogP contribution in [0.4, 0.5) is 0 Å². The van der Waals surface area contributed by atoms with Gasteiger partial charge in [0.25, 0.3) is 5.91 Å². The first-order valence-electron chi connectivity index (χ1n) is 11.4. The number of aryl methyl sites for hydroxylation is 1. The molecule has 2 aromatic carbocycles. The zero-order valence-electron chi connectivity index (χ0n) is 19.7. The number of rotatable bonds is 13. The van der Waals surface area contributed by atoms with Crippen molar-refractivity contribution in [3.63, 3.8) is 0 Å². The molecule has 0 aliphatic carbocycles. The van der Waals surface area contributed by atoms with Gasteiger partial charge in [0.15, 0.2) is 6.61 Å². The summed E-state index contributed by atoms with van der Waals surface area (Å²) in [5.41, 5.74) is 3.02. The molecule has 0 fully saturated rings. The van der Waals surface area contributed by atoms with Crippen molar-refractivity contribution in [1.29, 1.82) is 0 Å². The number of nitrogens with one attached hydrogen (secondary N) is 2. The van der Waals surface area contributed by atoms with Gasteiger partial charge < -0.3 is 15.0 Å². The number of ether oxygens (including phenoxy) is 1. The molecule has 0 radical (unpaired) electrons. The molecule has 2 N–H and O–H groups in total. The predicted molar refractivity (Wildman–Crippen MR) is 137 cm³/mol. The lowest BCUT2D eigenvalue weighted by molar-refractivity contribution is -0.136. The second-order valence-corrected chi connectivity index (χ2v) is 9.00. The lowest BCUT2D eigenvalue weighted by atomic mass is 10.1. The lowest BCUT2D eigenvalue weighted by Gasteiger charge is -2.24. The molecule has 1 aromatic heterocycles. The molecule has 0 saturated carbocycles. The average molecular weight is 481 g/mol. The maximum atomic E-state index is 13.0. The maximum absolute atomic E-state index is 13.0. The van der Waals surface area contributed by atoms with E-state index in [2.05, 4.69) is 15.5 Å². The van der Waals surface area contributed by atoms with Crippen molar-refractivity contribution in [3.8, 4) is 17.0 Å². The molecule has 1 unspecified atom stereocenters. The average Bonchev–Trinajstić information content (AvgIpc) is 3.35. The highest BCUT2D eigenvalue weighted by molar-refractivity contribution is 7.98. The minimum absolute atomic E-state index is 0.0864. The number of para-hydroxylation sites is 1. The quantitative estimate of drug-likeness (QED) is 0.389. The van der Waals surface area contributed by atoms with E-state index >= 15 is 0 Å². The third kappa shape index (κ3) is 7.95. The van der Waals surface area contributed by atoms with E-state index in [1.807, 2.05) is 60.9 Å². The maximum Gasteiger partial charge on any atom is 0.258 e. The Morgan fingerprint density at radius 3 is 2.53 bits per heavy atom. The van der Waals surface area contributed by atoms with Crippen LogP contribution < -0.4 is 10.1 Å². The van der Waals surface area contributed by atoms with Crippen LogP contribution in [0.5, 0.6) is 5.75 Å². The molecule has 0 aliphatic heterocycles. The Morgan fingerprint density at radius 1 is 1.12 bits per heavy atom. The SMILES string of the molecule is CSCCC(NC(=O)COc1ccccc1)C(=O)N(C)CCCc1cc(-c2ccccc2)n[nH]1. The molecule has 2 amide bonds. The highest BCUT2D eigenvalue weighted by atomic mass is 32.2. The normalized spacial score (nSPS) is 11.6. The Bertz CT molecular complexity index is 1030. The molecular weight excluding hydrogens is 448 g/mol. The Labute approximate surface area is 205 Å². The predicted octanol–water partition coefficient (Wildman–Crippen LogP) is 3.78. The topological polar surface area (TPSA) is 87.3 Å². The molecule has 0 bridgehead atoms. The molecular formula is C26H32N4O3S. The van der Waals surface area contributed by atoms with E-state index in [-0.39, 0.29) is 18.4 Å². The van der Waals surface area contributed by atoms with Crippen LogP contribution in [-0.2, 0) is 16.0 Å². The van der Waals surface area contributed by atoms with Gasteiger partial charge in [0.1, 0.15) is 11.8 Å². The van der Waals surface area contributed by atoms with Crippen molar-refractivity contribution in [2.75, 3.05) is 32.2 Å². The van der Waals surface area contributed by atoms with Crippen molar-refractivity contribution in [1.82, 2.24) is 20.4 Å². The minimum Gasteiger partial charge on any atom is -0.484 e. The van der Waals surface area contributed by atoms with E-state index in [0.717, 1.165) is 35.5 Å². The molecule has 0 aliphatic rings. The molecule has 3 rings (SSSR count). The van der Waals surface area contributed by atoms with Crippen LogP contribution in [-0.4, -0.2) is 65.2 Å². The molecule has 3 aromatic rings. The largest absolute Gasteiger partial charge is 0.484 e. The molecule has 8 heteroatoms. The van der Waals surface area contributed by atoms with Crippen molar-refractivity contribution in [2.24, 2.45) is 0 Å². The second kappa shape index (κ2) is 13.4. The first-order chi connectivity index (χ1) is 16.6. The lowest BCUT2D eigenvalue weighted by Crippen LogP contribution is -2.49. The number of likely N-dealkylation sites (N-methyl/N-ethyl adjacent to an activating group) is 1. The number of aromatic amines is 1. The van der Waals surface area contributed by atoms with Crippen molar-refractivity contribution >= 4 is 23.6 Å². The zero-order chi connectivity index (χ0) is 24.2. The molecule has 0 saturated heterocycles. The third-order valence-corrected chi connectivity index (χ3v) is 6.02. The van der Waals surface area contributed by atoms with Gasteiger partial charge in [0.2, 0.25) is 5.91 Å². The number of hydrogen-bond donors (Lipinski definition) is 2. The first-order valence-corrected chi connectivity index (χ1v) is 12.8. The van der Waals surface area contributed by atoms with Crippen LogP contribution in [0.25, 0.3) is 11.3 Å².